The second-order valence-corrected chi connectivity index (χ2v) is 12.0. The third-order valence-electron chi connectivity index (χ3n) is 6.94. The van der Waals surface area contributed by atoms with Crippen LogP contribution in [0.3, 0.4) is 0 Å². The minimum Gasteiger partial charge on any atom is -0.352 e. The van der Waals surface area contributed by atoms with E-state index in [4.69, 9.17) is 0 Å². The lowest BCUT2D eigenvalue weighted by Crippen LogP contribution is -2.45. The van der Waals surface area contributed by atoms with Gasteiger partial charge in [0.05, 0.1) is 9.83 Å². The van der Waals surface area contributed by atoms with Gasteiger partial charge in [0.25, 0.3) is 5.91 Å². The summed E-state index contributed by atoms with van der Waals surface area (Å²) in [7, 11) is 2.12. The van der Waals surface area contributed by atoms with Crippen molar-refractivity contribution in [3.63, 3.8) is 0 Å². The summed E-state index contributed by atoms with van der Waals surface area (Å²) in [6.07, 6.45) is 2.39. The molecule has 0 bridgehead atoms. The quantitative estimate of drug-likeness (QED) is 0.0839. The third kappa shape index (κ3) is 9.06. The summed E-state index contributed by atoms with van der Waals surface area (Å²) in [5, 5.41) is 14.2. The average Bonchev–Trinajstić information content (AvgIpc) is 2.99. The number of nitrogens with one attached hydrogen (secondary N) is 1. The number of carbonyl (C=O) groups excluding carboxylic acids is 2. The number of nitro benzene ring substituents is 1. The number of likely N-dealkylation sites (N-methyl/N-ethyl adjacent to an activating group) is 1. The molecule has 11 heteroatoms. The van der Waals surface area contributed by atoms with E-state index in [0.717, 1.165) is 61.3 Å². The number of ketones is 1. The number of allylic oxidation sites excluding steroid dienone is 1. The molecule has 0 aromatic heterocycles. The molecule has 0 saturated carbocycles. The molecule has 0 radical (unpaired) electrons. The van der Waals surface area contributed by atoms with Crippen LogP contribution >= 0.6 is 27.7 Å². The van der Waals surface area contributed by atoms with Gasteiger partial charge in [-0.3, -0.25) is 19.7 Å². The Morgan fingerprint density at radius 3 is 2.36 bits per heavy atom. The van der Waals surface area contributed by atoms with Crippen molar-refractivity contribution < 1.29 is 18.9 Å². The summed E-state index contributed by atoms with van der Waals surface area (Å²) in [6, 6.07) is 17.6. The van der Waals surface area contributed by atoms with Gasteiger partial charge in [-0.15, -0.1) is 11.8 Å². The van der Waals surface area contributed by atoms with E-state index in [9.17, 15) is 24.1 Å². The molecule has 0 spiro atoms. The number of benzene rings is 3. The molecule has 42 heavy (non-hydrogen) atoms. The maximum absolute atomic E-state index is 13.9. The van der Waals surface area contributed by atoms with Crippen molar-refractivity contribution in [1.29, 1.82) is 0 Å². The molecule has 0 aliphatic carbocycles. The molecule has 220 valence electrons. The highest BCUT2D eigenvalue weighted by molar-refractivity contribution is 9.10. The van der Waals surface area contributed by atoms with Crippen LogP contribution in [0.15, 0.2) is 76.1 Å². The smallest absolute Gasteiger partial charge is 0.305 e. The molecule has 1 aliphatic rings. The van der Waals surface area contributed by atoms with E-state index < -0.39 is 16.4 Å². The van der Waals surface area contributed by atoms with Gasteiger partial charge >= 0.3 is 5.69 Å². The van der Waals surface area contributed by atoms with E-state index in [1.807, 2.05) is 24.3 Å². The first-order valence-electron chi connectivity index (χ1n) is 13.6. The summed E-state index contributed by atoms with van der Waals surface area (Å²) >= 11 is 4.69. The first kappa shape index (κ1) is 31.6. The van der Waals surface area contributed by atoms with Crippen LogP contribution in [0.25, 0.3) is 6.08 Å². The first-order chi connectivity index (χ1) is 20.2. The van der Waals surface area contributed by atoms with Gasteiger partial charge in [-0.05, 0) is 67.5 Å². The molecule has 4 rings (SSSR count). The molecule has 1 amide bonds. The number of rotatable bonds is 12. The number of halogens is 2. The van der Waals surface area contributed by atoms with Gasteiger partial charge < -0.3 is 15.1 Å². The van der Waals surface area contributed by atoms with E-state index in [-0.39, 0.29) is 11.7 Å². The molecule has 3 aromatic rings. The predicted octanol–water partition coefficient (Wildman–Crippen LogP) is 6.02. The number of Topliss-reactive ketones (excluding diaryl/α,β-unsaturated/α-hetero) is 1. The molecule has 1 fully saturated rings. The fourth-order valence-corrected chi connectivity index (χ4v) is 5.67. The van der Waals surface area contributed by atoms with Crippen molar-refractivity contribution in [3.8, 4) is 0 Å². The summed E-state index contributed by atoms with van der Waals surface area (Å²) < 4.78 is 14.8. The topological polar surface area (TPSA) is 95.8 Å². The zero-order valence-corrected chi connectivity index (χ0v) is 25.6. The Balaban J connectivity index is 1.43. The fourth-order valence-electron chi connectivity index (χ4n) is 4.42. The number of hydrogen-bond acceptors (Lipinski definition) is 7. The summed E-state index contributed by atoms with van der Waals surface area (Å²) in [5.41, 5.74) is 1.47. The van der Waals surface area contributed by atoms with Crippen LogP contribution in [0.2, 0.25) is 0 Å². The van der Waals surface area contributed by atoms with Crippen molar-refractivity contribution in [1.82, 2.24) is 15.1 Å². The summed E-state index contributed by atoms with van der Waals surface area (Å²) in [4.78, 5) is 41.7. The number of thioether (sulfide) groups is 1. The molecular weight excluding hydrogens is 623 g/mol. The van der Waals surface area contributed by atoms with Crippen LogP contribution in [0.5, 0.6) is 0 Å². The first-order valence-corrected chi connectivity index (χ1v) is 15.3. The highest BCUT2D eigenvalue weighted by atomic mass is 79.9. The monoisotopic (exact) mass is 654 g/mol. The van der Waals surface area contributed by atoms with Crippen molar-refractivity contribution in [2.24, 2.45) is 0 Å². The maximum Gasteiger partial charge on any atom is 0.305 e. The van der Waals surface area contributed by atoms with E-state index in [1.54, 1.807) is 24.3 Å². The minimum atomic E-state index is -0.944. The molecule has 3 aromatic carbocycles. The van der Waals surface area contributed by atoms with Crippen LogP contribution in [0.4, 0.5) is 10.1 Å². The van der Waals surface area contributed by atoms with Crippen molar-refractivity contribution >= 4 is 51.1 Å². The van der Waals surface area contributed by atoms with Gasteiger partial charge in [0.2, 0.25) is 5.82 Å². The maximum atomic E-state index is 13.9. The van der Waals surface area contributed by atoms with E-state index >= 15 is 0 Å². The highest BCUT2D eigenvalue weighted by Gasteiger charge is 2.18. The van der Waals surface area contributed by atoms with E-state index in [1.165, 1.54) is 23.9 Å². The lowest BCUT2D eigenvalue weighted by molar-refractivity contribution is -0.387. The summed E-state index contributed by atoms with van der Waals surface area (Å²) in [5.74, 6) is -0.974. The van der Waals surface area contributed by atoms with Crippen molar-refractivity contribution in [3.05, 3.63) is 114 Å². The Kier molecular flexibility index (Phi) is 11.4. The number of nitro groups is 1. The van der Waals surface area contributed by atoms with Crippen molar-refractivity contribution in [2.75, 3.05) is 46.3 Å². The van der Waals surface area contributed by atoms with Crippen molar-refractivity contribution in [2.45, 2.75) is 12.2 Å². The normalized spacial score (nSPS) is 14.5. The van der Waals surface area contributed by atoms with Gasteiger partial charge in [-0.2, -0.15) is 4.39 Å². The van der Waals surface area contributed by atoms with Gasteiger partial charge in [-0.1, -0.05) is 46.3 Å². The minimum absolute atomic E-state index is 0.202. The molecule has 0 atom stereocenters. The number of piperazine rings is 1. The molecule has 1 saturated heterocycles. The van der Waals surface area contributed by atoms with Crippen LogP contribution in [-0.4, -0.2) is 72.7 Å². The molecule has 1 N–H and O–H groups in total. The summed E-state index contributed by atoms with van der Waals surface area (Å²) in [6.45, 7) is 5.69. The Labute approximate surface area is 257 Å². The largest absolute Gasteiger partial charge is 0.352 e. The molecule has 1 aliphatic heterocycles. The zero-order chi connectivity index (χ0) is 30.1. The fraction of sp³-hybridized carbons (Fsp3) is 0.290. The van der Waals surface area contributed by atoms with Gasteiger partial charge in [-0.25, -0.2) is 0 Å². The van der Waals surface area contributed by atoms with Crippen LogP contribution in [0.1, 0.15) is 38.3 Å². The standard InChI is InChI=1S/C31H32BrFN4O4S/c1-35-15-17-36(18-16-35)14-2-13-34-31(39)25-8-6-24(7-9-25)30(38)29(42-21-22-3-10-26(32)11-4-22)20-23-5-12-27(33)28(19-23)37(40)41/h3-12,19-20H,2,13-18,21H2,1H3,(H,34,39)/b29-20+. The molecule has 1 heterocycles. The number of nitrogens with zero attached hydrogens (tertiary/aromatic N) is 3. The van der Waals surface area contributed by atoms with Crippen LogP contribution in [0, 0.1) is 15.9 Å². The number of amides is 1. The van der Waals surface area contributed by atoms with Gasteiger partial charge in [0.15, 0.2) is 5.78 Å². The van der Waals surface area contributed by atoms with Gasteiger partial charge in [0, 0.05) is 60.1 Å². The Hall–Kier alpha value is -3.38. The number of hydrogen-bond donors (Lipinski definition) is 1. The van der Waals surface area contributed by atoms with Crippen LogP contribution in [-0.2, 0) is 5.75 Å². The molecular formula is C31H32BrFN4O4S. The number of carbonyl (C=O) groups is 2. The predicted molar refractivity (Wildman–Crippen MR) is 168 cm³/mol. The van der Waals surface area contributed by atoms with E-state index in [2.05, 4.69) is 38.1 Å². The lowest BCUT2D eigenvalue weighted by Gasteiger charge is -2.32. The Bertz CT molecular complexity index is 1440. The Morgan fingerprint density at radius 1 is 1.02 bits per heavy atom. The van der Waals surface area contributed by atoms with Gasteiger partial charge in [0.1, 0.15) is 0 Å². The molecule has 0 unspecified atom stereocenters. The zero-order valence-electron chi connectivity index (χ0n) is 23.2. The second-order valence-electron chi connectivity index (χ2n) is 10.1. The highest BCUT2D eigenvalue weighted by Crippen LogP contribution is 2.29. The Morgan fingerprint density at radius 2 is 1.69 bits per heavy atom. The second kappa shape index (κ2) is 15.2. The SMILES string of the molecule is CN1CCN(CCCNC(=O)c2ccc(C(=O)/C(=C\c3ccc(F)c([N+](=O)[O-])c3)SCc3ccc(Br)cc3)cc2)CC1. The van der Waals surface area contributed by atoms with E-state index in [0.29, 0.717) is 33.9 Å². The molecule has 8 nitrogen and oxygen atoms in total. The lowest BCUT2D eigenvalue weighted by atomic mass is 10.1. The van der Waals surface area contributed by atoms with Crippen LogP contribution < -0.4 is 5.32 Å². The third-order valence-corrected chi connectivity index (χ3v) is 8.56. The average molecular weight is 656 g/mol.